The molecule has 0 aromatic carbocycles. The van der Waals surface area contributed by atoms with Crippen LogP contribution in [-0.4, -0.2) is 29.7 Å². The number of rotatable bonds is 2. The lowest BCUT2D eigenvalue weighted by atomic mass is 9.93. The van der Waals surface area contributed by atoms with Crippen LogP contribution in [0.2, 0.25) is 0 Å². The second kappa shape index (κ2) is 5.18. The van der Waals surface area contributed by atoms with Crippen LogP contribution in [-0.2, 0) is 9.47 Å². The first-order valence-corrected chi connectivity index (χ1v) is 8.09. The van der Waals surface area contributed by atoms with Crippen LogP contribution >= 0.6 is 15.9 Å². The molecule has 1 spiro atoms. The lowest BCUT2D eigenvalue weighted by Crippen LogP contribution is -2.32. The predicted molar refractivity (Wildman–Crippen MR) is 71.6 cm³/mol. The maximum absolute atomic E-state index is 6.38. The molecule has 3 atom stereocenters. The first-order chi connectivity index (χ1) is 8.27. The molecule has 3 aliphatic rings. The van der Waals surface area contributed by atoms with Gasteiger partial charge in [0, 0.05) is 11.4 Å². The second-order valence-corrected chi connectivity index (χ2v) is 7.22. The fourth-order valence-electron chi connectivity index (χ4n) is 3.77. The normalized spacial score (nSPS) is 41.1. The molecule has 3 rings (SSSR count). The minimum absolute atomic E-state index is 0.294. The molecule has 2 aliphatic heterocycles. The van der Waals surface area contributed by atoms with E-state index in [2.05, 4.69) is 15.9 Å². The molecule has 0 N–H and O–H groups in total. The van der Waals surface area contributed by atoms with Crippen LogP contribution in [0.15, 0.2) is 0 Å². The van der Waals surface area contributed by atoms with Crippen molar-refractivity contribution < 1.29 is 9.47 Å². The Balaban J connectivity index is 1.52. The highest BCUT2D eigenvalue weighted by Crippen LogP contribution is 2.45. The van der Waals surface area contributed by atoms with Crippen LogP contribution in [0, 0.1) is 5.92 Å². The quantitative estimate of drug-likeness (QED) is 0.725. The van der Waals surface area contributed by atoms with Gasteiger partial charge < -0.3 is 9.47 Å². The minimum atomic E-state index is 0.294. The molecule has 17 heavy (non-hydrogen) atoms. The average Bonchev–Trinajstić information content (AvgIpc) is 2.94. The van der Waals surface area contributed by atoms with Crippen LogP contribution in [0.3, 0.4) is 0 Å². The molecule has 1 aliphatic carbocycles. The van der Waals surface area contributed by atoms with Crippen LogP contribution in [0.1, 0.15) is 51.4 Å². The standard InChI is InChI=1S/C14H23BrO2/c15-13-4-8-16-10-11(13)9-12-3-7-14(17-12)5-1-2-6-14/h11-13H,1-10H2. The van der Waals surface area contributed by atoms with Gasteiger partial charge in [0.1, 0.15) is 0 Å². The summed E-state index contributed by atoms with van der Waals surface area (Å²) in [6.07, 6.45) is 10.8. The van der Waals surface area contributed by atoms with Gasteiger partial charge in [0.15, 0.2) is 0 Å². The van der Waals surface area contributed by atoms with Crippen LogP contribution < -0.4 is 0 Å². The zero-order valence-corrected chi connectivity index (χ0v) is 12.1. The summed E-state index contributed by atoms with van der Waals surface area (Å²) in [5, 5.41) is 0. The Bertz CT molecular complexity index is 263. The third-order valence-corrected chi connectivity index (χ3v) is 6.01. The van der Waals surface area contributed by atoms with E-state index < -0.39 is 0 Å². The minimum Gasteiger partial charge on any atom is -0.381 e. The molecule has 2 heterocycles. The lowest BCUT2D eigenvalue weighted by molar-refractivity contribution is -0.0531. The van der Waals surface area contributed by atoms with E-state index >= 15 is 0 Å². The van der Waals surface area contributed by atoms with Gasteiger partial charge >= 0.3 is 0 Å². The summed E-state index contributed by atoms with van der Waals surface area (Å²) in [5.74, 6) is 0.658. The topological polar surface area (TPSA) is 18.5 Å². The van der Waals surface area contributed by atoms with Crippen molar-refractivity contribution in [1.82, 2.24) is 0 Å². The Morgan fingerprint density at radius 3 is 2.71 bits per heavy atom. The van der Waals surface area contributed by atoms with Gasteiger partial charge in [-0.1, -0.05) is 28.8 Å². The first kappa shape index (κ1) is 12.4. The maximum atomic E-state index is 6.38. The summed E-state index contributed by atoms with van der Waals surface area (Å²) in [7, 11) is 0. The molecule has 0 bridgehead atoms. The lowest BCUT2D eigenvalue weighted by Gasteiger charge is -2.30. The van der Waals surface area contributed by atoms with E-state index in [1.807, 2.05) is 0 Å². The Kier molecular flexibility index (Phi) is 3.79. The number of alkyl halides is 1. The van der Waals surface area contributed by atoms with E-state index in [9.17, 15) is 0 Å². The average molecular weight is 303 g/mol. The molecule has 98 valence electrons. The van der Waals surface area contributed by atoms with Gasteiger partial charge in [0.2, 0.25) is 0 Å². The largest absolute Gasteiger partial charge is 0.381 e. The van der Waals surface area contributed by atoms with Crippen molar-refractivity contribution >= 4 is 15.9 Å². The van der Waals surface area contributed by atoms with E-state index in [4.69, 9.17) is 9.47 Å². The van der Waals surface area contributed by atoms with E-state index in [-0.39, 0.29) is 0 Å². The molecule has 0 aromatic heterocycles. The fourth-order valence-corrected chi connectivity index (χ4v) is 4.33. The Morgan fingerprint density at radius 1 is 1.12 bits per heavy atom. The SMILES string of the molecule is BrC1CCOCC1CC1CCC2(CCCC2)O1. The Morgan fingerprint density at radius 2 is 1.94 bits per heavy atom. The Hall–Kier alpha value is 0.400. The summed E-state index contributed by atoms with van der Waals surface area (Å²) in [6, 6.07) is 0. The molecule has 0 aromatic rings. The smallest absolute Gasteiger partial charge is 0.0687 e. The third kappa shape index (κ3) is 2.71. The molecule has 2 saturated heterocycles. The van der Waals surface area contributed by atoms with Crippen molar-refractivity contribution in [2.45, 2.75) is 67.9 Å². The van der Waals surface area contributed by atoms with Crippen molar-refractivity contribution in [3.8, 4) is 0 Å². The van der Waals surface area contributed by atoms with Crippen molar-refractivity contribution in [3.05, 3.63) is 0 Å². The highest BCUT2D eigenvalue weighted by Gasteiger charge is 2.43. The molecule has 1 saturated carbocycles. The van der Waals surface area contributed by atoms with Crippen LogP contribution in [0.4, 0.5) is 0 Å². The molecular weight excluding hydrogens is 280 g/mol. The van der Waals surface area contributed by atoms with Gasteiger partial charge in [0.05, 0.1) is 18.3 Å². The number of ether oxygens (including phenoxy) is 2. The van der Waals surface area contributed by atoms with Crippen molar-refractivity contribution in [2.75, 3.05) is 13.2 Å². The zero-order chi connectivity index (χ0) is 11.7. The first-order valence-electron chi connectivity index (χ1n) is 7.17. The molecule has 3 fully saturated rings. The Labute approximate surface area is 113 Å². The predicted octanol–water partition coefficient (Wildman–Crippen LogP) is 3.67. The fraction of sp³-hybridized carbons (Fsp3) is 1.00. The summed E-state index contributed by atoms with van der Waals surface area (Å²) in [6.45, 7) is 1.84. The summed E-state index contributed by atoms with van der Waals surface area (Å²) < 4.78 is 12.0. The molecular formula is C14H23BrO2. The zero-order valence-electron chi connectivity index (χ0n) is 10.5. The van der Waals surface area contributed by atoms with E-state index in [0.717, 1.165) is 19.6 Å². The highest BCUT2D eigenvalue weighted by atomic mass is 79.9. The van der Waals surface area contributed by atoms with Crippen LogP contribution in [0.5, 0.6) is 0 Å². The van der Waals surface area contributed by atoms with Gasteiger partial charge in [0.25, 0.3) is 0 Å². The second-order valence-electron chi connectivity index (χ2n) is 6.04. The van der Waals surface area contributed by atoms with Gasteiger partial charge in [-0.15, -0.1) is 0 Å². The maximum Gasteiger partial charge on any atom is 0.0687 e. The number of halogens is 1. The molecule has 3 unspecified atom stereocenters. The third-order valence-electron chi connectivity index (χ3n) is 4.80. The van der Waals surface area contributed by atoms with Gasteiger partial charge in [-0.3, -0.25) is 0 Å². The van der Waals surface area contributed by atoms with Crippen LogP contribution in [0.25, 0.3) is 0 Å². The van der Waals surface area contributed by atoms with Gasteiger partial charge in [-0.25, -0.2) is 0 Å². The monoisotopic (exact) mass is 302 g/mol. The number of hydrogen-bond donors (Lipinski definition) is 0. The van der Waals surface area contributed by atoms with Crippen molar-refractivity contribution in [2.24, 2.45) is 5.92 Å². The van der Waals surface area contributed by atoms with Gasteiger partial charge in [-0.05, 0) is 44.4 Å². The van der Waals surface area contributed by atoms with E-state index in [1.165, 1.54) is 44.9 Å². The highest BCUT2D eigenvalue weighted by molar-refractivity contribution is 9.09. The summed E-state index contributed by atoms with van der Waals surface area (Å²) in [5.41, 5.74) is 0.294. The molecule has 2 nitrogen and oxygen atoms in total. The van der Waals surface area contributed by atoms with E-state index in [1.54, 1.807) is 0 Å². The summed E-state index contributed by atoms with van der Waals surface area (Å²) >= 11 is 3.80. The molecule has 0 radical (unpaired) electrons. The summed E-state index contributed by atoms with van der Waals surface area (Å²) in [4.78, 5) is 0.639. The van der Waals surface area contributed by atoms with Crippen molar-refractivity contribution in [3.63, 3.8) is 0 Å². The molecule has 0 amide bonds. The number of hydrogen-bond acceptors (Lipinski definition) is 2. The molecule has 3 heteroatoms. The van der Waals surface area contributed by atoms with Gasteiger partial charge in [-0.2, -0.15) is 0 Å². The van der Waals surface area contributed by atoms with E-state index in [0.29, 0.717) is 22.5 Å². The van der Waals surface area contributed by atoms with Crippen molar-refractivity contribution in [1.29, 1.82) is 0 Å².